The first-order valence-corrected chi connectivity index (χ1v) is 3.48. The first kappa shape index (κ1) is 11.2. The lowest BCUT2D eigenvalue weighted by Gasteiger charge is -2.09. The number of aromatic hydroxyl groups is 1. The smallest absolute Gasteiger partial charge is 0.423 e. The first-order chi connectivity index (χ1) is 6.75. The van der Waals surface area contributed by atoms with Gasteiger partial charge in [-0.05, 0) is 6.07 Å². The number of phenols is 1. The maximum atomic E-state index is 13.0. The number of hydrogen-bond acceptors (Lipinski definition) is 3. The van der Waals surface area contributed by atoms with Crippen LogP contribution < -0.4 is 0 Å². The number of benzene rings is 1. The number of alkyl halides is 3. The van der Waals surface area contributed by atoms with Gasteiger partial charge in [-0.2, -0.15) is 17.6 Å². The number of nitro groups is 1. The second kappa shape index (κ2) is 3.37. The molecule has 0 aliphatic rings. The van der Waals surface area contributed by atoms with Gasteiger partial charge in [0, 0.05) is 6.07 Å². The lowest BCUT2D eigenvalue weighted by atomic mass is 10.1. The Balaban J connectivity index is 3.51. The minimum Gasteiger partial charge on any atom is -0.507 e. The summed E-state index contributed by atoms with van der Waals surface area (Å²) in [6.45, 7) is 0. The molecule has 0 radical (unpaired) electrons. The number of nitrogens with zero attached hydrogens (tertiary/aromatic N) is 1. The van der Waals surface area contributed by atoms with Crippen molar-refractivity contribution < 1.29 is 27.6 Å². The van der Waals surface area contributed by atoms with Gasteiger partial charge in [-0.3, -0.25) is 10.1 Å². The van der Waals surface area contributed by atoms with Gasteiger partial charge in [-0.25, -0.2) is 0 Å². The highest BCUT2D eigenvalue weighted by Gasteiger charge is 2.40. The Kier molecular flexibility index (Phi) is 2.52. The molecule has 82 valence electrons. The van der Waals surface area contributed by atoms with Crippen molar-refractivity contribution in [2.75, 3.05) is 0 Å². The quantitative estimate of drug-likeness (QED) is 0.453. The minimum absolute atomic E-state index is 0.421. The lowest BCUT2D eigenvalue weighted by Crippen LogP contribution is -2.10. The van der Waals surface area contributed by atoms with E-state index in [1.54, 1.807) is 0 Å². The van der Waals surface area contributed by atoms with E-state index in [9.17, 15) is 27.7 Å². The molecule has 4 nitrogen and oxygen atoms in total. The zero-order valence-electron chi connectivity index (χ0n) is 6.88. The number of nitro benzene ring substituents is 1. The zero-order chi connectivity index (χ0) is 11.8. The highest BCUT2D eigenvalue weighted by atomic mass is 19.4. The molecule has 1 aromatic carbocycles. The molecular formula is C7H3F4NO3. The van der Waals surface area contributed by atoms with Gasteiger partial charge in [0.2, 0.25) is 5.82 Å². The van der Waals surface area contributed by atoms with Crippen molar-refractivity contribution in [2.45, 2.75) is 6.18 Å². The Bertz CT molecular complexity index is 415. The maximum absolute atomic E-state index is 13.0. The predicted octanol–water partition coefficient (Wildman–Crippen LogP) is 2.46. The molecular weight excluding hydrogens is 222 g/mol. The summed E-state index contributed by atoms with van der Waals surface area (Å²) in [4.78, 5) is 8.83. The molecule has 0 heterocycles. The third-order valence-corrected chi connectivity index (χ3v) is 1.58. The zero-order valence-corrected chi connectivity index (χ0v) is 6.88. The van der Waals surface area contributed by atoms with E-state index in [0.29, 0.717) is 12.1 Å². The Morgan fingerprint density at radius 3 is 2.27 bits per heavy atom. The van der Waals surface area contributed by atoms with E-state index in [4.69, 9.17) is 5.11 Å². The van der Waals surface area contributed by atoms with Gasteiger partial charge < -0.3 is 5.11 Å². The third kappa shape index (κ3) is 1.97. The van der Waals surface area contributed by atoms with Gasteiger partial charge in [-0.1, -0.05) is 0 Å². The summed E-state index contributed by atoms with van der Waals surface area (Å²) in [6, 6.07) is 0.879. The van der Waals surface area contributed by atoms with Crippen LogP contribution in [0.1, 0.15) is 5.56 Å². The van der Waals surface area contributed by atoms with Crippen LogP contribution in [-0.4, -0.2) is 10.0 Å². The molecule has 0 amide bonds. The Labute approximate surface area is 79.9 Å². The van der Waals surface area contributed by atoms with E-state index >= 15 is 0 Å². The topological polar surface area (TPSA) is 63.4 Å². The average Bonchev–Trinajstić information content (AvgIpc) is 2.00. The van der Waals surface area contributed by atoms with Gasteiger partial charge in [0.15, 0.2) is 0 Å². The highest BCUT2D eigenvalue weighted by molar-refractivity contribution is 5.46. The molecule has 1 rings (SSSR count). The second-order valence-electron chi connectivity index (χ2n) is 2.55. The van der Waals surface area contributed by atoms with Crippen molar-refractivity contribution in [3.63, 3.8) is 0 Å². The van der Waals surface area contributed by atoms with Crippen LogP contribution in [0.25, 0.3) is 0 Å². The van der Waals surface area contributed by atoms with Crippen molar-refractivity contribution in [1.29, 1.82) is 0 Å². The summed E-state index contributed by atoms with van der Waals surface area (Å²) in [5.41, 5.74) is -3.36. The molecule has 0 atom stereocenters. The molecule has 0 saturated heterocycles. The van der Waals surface area contributed by atoms with Gasteiger partial charge in [-0.15, -0.1) is 0 Å². The summed E-state index contributed by atoms with van der Waals surface area (Å²) in [7, 11) is 0. The van der Waals surface area contributed by atoms with Crippen molar-refractivity contribution in [3.05, 3.63) is 33.6 Å². The van der Waals surface area contributed by atoms with Crippen LogP contribution in [-0.2, 0) is 6.18 Å². The normalized spacial score (nSPS) is 11.5. The lowest BCUT2D eigenvalue weighted by molar-refractivity contribution is -0.387. The number of phenolic OH excluding ortho intramolecular Hbond substituents is 1. The number of rotatable bonds is 1. The SMILES string of the molecule is O=[N+]([O-])c1ccc(O)c(C(F)(F)F)c1F. The minimum atomic E-state index is -5.18. The maximum Gasteiger partial charge on any atom is 0.423 e. The van der Waals surface area contributed by atoms with Gasteiger partial charge >= 0.3 is 11.9 Å². The monoisotopic (exact) mass is 225 g/mol. The van der Waals surface area contributed by atoms with Crippen molar-refractivity contribution >= 4 is 5.69 Å². The van der Waals surface area contributed by atoms with Crippen LogP contribution >= 0.6 is 0 Å². The van der Waals surface area contributed by atoms with Crippen LogP contribution in [0.5, 0.6) is 5.75 Å². The molecule has 0 bridgehead atoms. The summed E-state index contributed by atoms with van der Waals surface area (Å²) >= 11 is 0. The van der Waals surface area contributed by atoms with Crippen molar-refractivity contribution in [3.8, 4) is 5.75 Å². The molecule has 0 spiro atoms. The Hall–Kier alpha value is -1.86. The van der Waals surface area contributed by atoms with E-state index in [0.717, 1.165) is 0 Å². The predicted molar refractivity (Wildman–Crippen MR) is 39.7 cm³/mol. The molecule has 0 aliphatic carbocycles. The third-order valence-electron chi connectivity index (χ3n) is 1.58. The number of hydrogen-bond donors (Lipinski definition) is 1. The fourth-order valence-corrected chi connectivity index (χ4v) is 0.966. The fourth-order valence-electron chi connectivity index (χ4n) is 0.966. The molecule has 0 aromatic heterocycles. The van der Waals surface area contributed by atoms with E-state index in [1.807, 2.05) is 0 Å². The molecule has 15 heavy (non-hydrogen) atoms. The van der Waals surface area contributed by atoms with Gasteiger partial charge in [0.05, 0.1) is 4.92 Å². The van der Waals surface area contributed by atoms with Gasteiger partial charge in [0.25, 0.3) is 0 Å². The van der Waals surface area contributed by atoms with Gasteiger partial charge in [0.1, 0.15) is 11.3 Å². The standard InChI is InChI=1S/C7H3F4NO3/c8-6-3(12(14)15)1-2-4(13)5(6)7(9,10)11/h1-2,13H. The number of halogens is 4. The molecule has 0 fully saturated rings. The molecule has 1 N–H and O–H groups in total. The first-order valence-electron chi connectivity index (χ1n) is 3.48. The van der Waals surface area contributed by atoms with E-state index in [1.165, 1.54) is 0 Å². The Morgan fingerprint density at radius 2 is 1.87 bits per heavy atom. The van der Waals surface area contributed by atoms with Crippen molar-refractivity contribution in [2.24, 2.45) is 0 Å². The van der Waals surface area contributed by atoms with Crippen LogP contribution in [0.4, 0.5) is 23.2 Å². The van der Waals surface area contributed by atoms with Crippen LogP contribution in [0.3, 0.4) is 0 Å². The van der Waals surface area contributed by atoms with Crippen LogP contribution in [0.2, 0.25) is 0 Å². The van der Waals surface area contributed by atoms with E-state index in [-0.39, 0.29) is 0 Å². The summed E-state index contributed by atoms with van der Waals surface area (Å²) in [5.74, 6) is -3.47. The fraction of sp³-hybridized carbons (Fsp3) is 0.143. The molecule has 0 aliphatic heterocycles. The summed E-state index contributed by atoms with van der Waals surface area (Å²) < 4.78 is 49.3. The molecule has 8 heteroatoms. The van der Waals surface area contributed by atoms with Crippen LogP contribution in [0, 0.1) is 15.9 Å². The van der Waals surface area contributed by atoms with E-state index < -0.39 is 33.9 Å². The molecule has 1 aromatic rings. The summed E-state index contributed by atoms with van der Waals surface area (Å²) in [5, 5.41) is 18.9. The van der Waals surface area contributed by atoms with E-state index in [2.05, 4.69) is 0 Å². The van der Waals surface area contributed by atoms with Crippen LogP contribution in [0.15, 0.2) is 12.1 Å². The second-order valence-corrected chi connectivity index (χ2v) is 2.55. The summed E-state index contributed by atoms with van der Waals surface area (Å²) in [6.07, 6.45) is -5.18. The van der Waals surface area contributed by atoms with Crippen molar-refractivity contribution in [1.82, 2.24) is 0 Å². The molecule has 0 saturated carbocycles. The average molecular weight is 225 g/mol. The Morgan fingerprint density at radius 1 is 1.33 bits per heavy atom. The molecule has 0 unspecified atom stereocenters. The largest absolute Gasteiger partial charge is 0.507 e. The highest BCUT2D eigenvalue weighted by Crippen LogP contribution is 2.40.